The topological polar surface area (TPSA) is 80.3 Å². The van der Waals surface area contributed by atoms with Crippen molar-refractivity contribution in [3.05, 3.63) is 29.8 Å². The van der Waals surface area contributed by atoms with E-state index in [0.717, 1.165) is 12.6 Å². The Labute approximate surface area is 121 Å². The van der Waals surface area contributed by atoms with Crippen LogP contribution in [0.4, 0.5) is 4.39 Å². The predicted molar refractivity (Wildman–Crippen MR) is 70.9 cm³/mol. The largest absolute Gasteiger partial charge is 0.376 e. The average molecular weight is 293 g/mol. The molecule has 2 heterocycles. The second kappa shape index (κ2) is 5.40. The van der Waals surface area contributed by atoms with E-state index in [2.05, 4.69) is 15.6 Å². The van der Waals surface area contributed by atoms with E-state index in [1.807, 2.05) is 0 Å². The van der Waals surface area contributed by atoms with Gasteiger partial charge in [-0.1, -0.05) is 0 Å². The van der Waals surface area contributed by atoms with Gasteiger partial charge in [0.15, 0.2) is 5.82 Å². The first-order valence-electron chi connectivity index (χ1n) is 6.87. The summed E-state index contributed by atoms with van der Waals surface area (Å²) in [6, 6.07) is 0.838. The Hall–Kier alpha value is -2.02. The lowest BCUT2D eigenvalue weighted by Gasteiger charge is -2.47. The van der Waals surface area contributed by atoms with Crippen LogP contribution in [0.3, 0.4) is 0 Å². The van der Waals surface area contributed by atoms with Gasteiger partial charge in [-0.05, 0) is 12.5 Å². The summed E-state index contributed by atoms with van der Waals surface area (Å²) in [5.74, 6) is -1.18. The summed E-state index contributed by atoms with van der Waals surface area (Å²) >= 11 is 0. The molecule has 0 unspecified atom stereocenters. The summed E-state index contributed by atoms with van der Waals surface area (Å²) in [6.07, 6.45) is 3.12. The number of ether oxygens (including phenoxy) is 1. The average Bonchev–Trinajstić information content (AvgIpc) is 2.87. The van der Waals surface area contributed by atoms with Gasteiger partial charge in [0, 0.05) is 25.6 Å². The molecule has 7 heteroatoms. The van der Waals surface area contributed by atoms with Crippen LogP contribution in [0.15, 0.2) is 18.5 Å². The lowest BCUT2D eigenvalue weighted by atomic mass is 9.71. The standard InChI is InChI=1S/C14H16FN3O3/c1-7(19)17-12-11(9-3-5-21-13(9)12)18-14(20)8-2-4-16-6-10(8)15/h2,4,6,9,11-13H,3,5H2,1H3,(H,17,19)(H,18,20)/t9-,11+,12-,13-/m1/s1. The van der Waals surface area contributed by atoms with Gasteiger partial charge in [0.2, 0.25) is 5.91 Å². The number of halogens is 1. The molecule has 2 fully saturated rings. The quantitative estimate of drug-likeness (QED) is 0.837. The normalized spacial score (nSPS) is 30.2. The van der Waals surface area contributed by atoms with Crippen LogP contribution in [0.5, 0.6) is 0 Å². The van der Waals surface area contributed by atoms with Crippen LogP contribution < -0.4 is 10.6 Å². The van der Waals surface area contributed by atoms with Gasteiger partial charge in [0.05, 0.1) is 29.9 Å². The number of fused-ring (bicyclic) bond motifs is 1. The minimum absolute atomic E-state index is 0.0473. The fraction of sp³-hybridized carbons (Fsp3) is 0.500. The number of carbonyl (C=O) groups excluding carboxylic acids is 2. The highest BCUT2D eigenvalue weighted by molar-refractivity contribution is 5.94. The molecule has 2 amide bonds. The fourth-order valence-electron chi connectivity index (χ4n) is 3.10. The van der Waals surface area contributed by atoms with E-state index < -0.39 is 11.7 Å². The molecule has 0 spiro atoms. The maximum Gasteiger partial charge on any atom is 0.254 e. The van der Waals surface area contributed by atoms with Gasteiger partial charge in [-0.15, -0.1) is 0 Å². The van der Waals surface area contributed by atoms with Gasteiger partial charge in [-0.25, -0.2) is 4.39 Å². The number of pyridine rings is 1. The first-order chi connectivity index (χ1) is 10.1. The van der Waals surface area contributed by atoms with Crippen molar-refractivity contribution >= 4 is 11.8 Å². The molecule has 1 aromatic rings. The molecule has 0 bridgehead atoms. The Morgan fingerprint density at radius 1 is 1.38 bits per heavy atom. The molecule has 1 aromatic heterocycles. The molecule has 6 nitrogen and oxygen atoms in total. The second-order valence-electron chi connectivity index (χ2n) is 5.37. The Balaban J connectivity index is 1.72. The highest BCUT2D eigenvalue weighted by Gasteiger charge is 2.55. The summed E-state index contributed by atoms with van der Waals surface area (Å²) in [6.45, 7) is 2.03. The highest BCUT2D eigenvalue weighted by Crippen LogP contribution is 2.39. The molecule has 2 aliphatic rings. The molecule has 112 valence electrons. The Morgan fingerprint density at radius 3 is 2.90 bits per heavy atom. The maximum absolute atomic E-state index is 13.6. The number of aromatic nitrogens is 1. The minimum atomic E-state index is -0.662. The van der Waals surface area contributed by atoms with Crippen molar-refractivity contribution in [1.82, 2.24) is 15.6 Å². The fourth-order valence-corrected chi connectivity index (χ4v) is 3.10. The molecule has 1 saturated heterocycles. The summed E-state index contributed by atoms with van der Waals surface area (Å²) in [5, 5.41) is 5.59. The summed E-state index contributed by atoms with van der Waals surface area (Å²) in [4.78, 5) is 27.0. The molecule has 0 aromatic carbocycles. The molecule has 3 rings (SSSR count). The van der Waals surface area contributed by atoms with E-state index in [1.54, 1.807) is 0 Å². The van der Waals surface area contributed by atoms with E-state index in [0.29, 0.717) is 6.61 Å². The first kappa shape index (κ1) is 13.9. The number of nitrogens with one attached hydrogen (secondary N) is 2. The van der Waals surface area contributed by atoms with Crippen molar-refractivity contribution in [2.45, 2.75) is 31.5 Å². The summed E-state index contributed by atoms with van der Waals surface area (Å²) < 4.78 is 19.1. The number of amides is 2. The number of hydrogen-bond acceptors (Lipinski definition) is 4. The van der Waals surface area contributed by atoms with Crippen LogP contribution in [0.1, 0.15) is 23.7 Å². The molecule has 1 aliphatic carbocycles. The third kappa shape index (κ3) is 2.49. The van der Waals surface area contributed by atoms with Gasteiger partial charge in [0.1, 0.15) is 0 Å². The smallest absolute Gasteiger partial charge is 0.254 e. The first-order valence-corrected chi connectivity index (χ1v) is 6.87. The number of hydrogen-bond donors (Lipinski definition) is 2. The van der Waals surface area contributed by atoms with E-state index in [4.69, 9.17) is 4.74 Å². The molecule has 1 saturated carbocycles. The van der Waals surface area contributed by atoms with Gasteiger partial charge in [-0.3, -0.25) is 14.6 Å². The zero-order chi connectivity index (χ0) is 15.0. The molecule has 0 radical (unpaired) electrons. The predicted octanol–water partition coefficient (Wildman–Crippen LogP) is 0.242. The van der Waals surface area contributed by atoms with Crippen LogP contribution in [0.25, 0.3) is 0 Å². The lowest BCUT2D eigenvalue weighted by Crippen LogP contribution is -2.70. The minimum Gasteiger partial charge on any atom is -0.376 e. The molecule has 21 heavy (non-hydrogen) atoms. The van der Waals surface area contributed by atoms with Crippen molar-refractivity contribution in [2.75, 3.05) is 6.61 Å². The van der Waals surface area contributed by atoms with Crippen molar-refractivity contribution in [2.24, 2.45) is 5.92 Å². The maximum atomic E-state index is 13.6. The Kier molecular flexibility index (Phi) is 3.59. The van der Waals surface area contributed by atoms with Gasteiger partial charge in [-0.2, -0.15) is 0 Å². The van der Waals surface area contributed by atoms with Gasteiger partial charge < -0.3 is 15.4 Å². The molecule has 2 N–H and O–H groups in total. The van der Waals surface area contributed by atoms with Crippen LogP contribution >= 0.6 is 0 Å². The molecular weight excluding hydrogens is 277 g/mol. The molecular formula is C14H16FN3O3. The van der Waals surface area contributed by atoms with E-state index in [9.17, 15) is 14.0 Å². The Morgan fingerprint density at radius 2 is 2.19 bits per heavy atom. The van der Waals surface area contributed by atoms with Crippen LogP contribution in [0.2, 0.25) is 0 Å². The summed E-state index contributed by atoms with van der Waals surface area (Å²) in [5.41, 5.74) is -0.0473. The lowest BCUT2D eigenvalue weighted by molar-refractivity contribution is -0.123. The second-order valence-corrected chi connectivity index (χ2v) is 5.37. The number of nitrogens with zero attached hydrogens (tertiary/aromatic N) is 1. The zero-order valence-corrected chi connectivity index (χ0v) is 11.5. The number of carbonyl (C=O) groups is 2. The molecule has 4 atom stereocenters. The van der Waals surface area contributed by atoms with Crippen molar-refractivity contribution < 1.29 is 18.7 Å². The number of rotatable bonds is 3. The van der Waals surface area contributed by atoms with Crippen molar-refractivity contribution in [1.29, 1.82) is 0 Å². The van der Waals surface area contributed by atoms with E-state index in [1.165, 1.54) is 19.2 Å². The van der Waals surface area contributed by atoms with Crippen molar-refractivity contribution in [3.8, 4) is 0 Å². The van der Waals surface area contributed by atoms with Crippen LogP contribution in [-0.4, -0.2) is 41.6 Å². The molecule has 1 aliphatic heterocycles. The van der Waals surface area contributed by atoms with Crippen LogP contribution in [0, 0.1) is 11.7 Å². The zero-order valence-electron chi connectivity index (χ0n) is 11.5. The van der Waals surface area contributed by atoms with E-state index in [-0.39, 0.29) is 35.6 Å². The highest BCUT2D eigenvalue weighted by atomic mass is 19.1. The van der Waals surface area contributed by atoms with Crippen LogP contribution in [-0.2, 0) is 9.53 Å². The van der Waals surface area contributed by atoms with Gasteiger partial charge >= 0.3 is 0 Å². The van der Waals surface area contributed by atoms with Crippen molar-refractivity contribution in [3.63, 3.8) is 0 Å². The third-order valence-electron chi connectivity index (χ3n) is 4.07. The van der Waals surface area contributed by atoms with Gasteiger partial charge in [0.25, 0.3) is 5.91 Å². The Bertz CT molecular complexity index is 580. The monoisotopic (exact) mass is 293 g/mol. The summed E-state index contributed by atoms with van der Waals surface area (Å²) in [7, 11) is 0. The third-order valence-corrected chi connectivity index (χ3v) is 4.07. The van der Waals surface area contributed by atoms with E-state index >= 15 is 0 Å². The SMILES string of the molecule is CC(=O)N[C@@H]1[C@@H](NC(=O)c2ccncc2F)[C@H]2CCO[C@H]21.